The normalized spacial score (nSPS) is 15.6. The van der Waals surface area contributed by atoms with Gasteiger partial charge in [-0.3, -0.25) is 4.98 Å². The molecule has 29 heavy (non-hydrogen) atoms. The van der Waals surface area contributed by atoms with E-state index >= 15 is 0 Å². The highest BCUT2D eigenvalue weighted by molar-refractivity contribution is 5.66. The Labute approximate surface area is 168 Å². The summed E-state index contributed by atoms with van der Waals surface area (Å²) in [6, 6.07) is 7.25. The highest BCUT2D eigenvalue weighted by atomic mass is 19.4. The monoisotopic (exact) mass is 410 g/mol. The average Bonchev–Trinajstić information content (AvgIpc) is 2.62. The van der Waals surface area contributed by atoms with Gasteiger partial charge in [-0.2, -0.15) is 13.2 Å². The highest BCUT2D eigenvalue weighted by Crippen LogP contribution is 2.45. The zero-order valence-electron chi connectivity index (χ0n) is 16.9. The van der Waals surface area contributed by atoms with Gasteiger partial charge in [-0.25, -0.2) is 4.39 Å². The maximum atomic E-state index is 13.9. The van der Waals surface area contributed by atoms with Gasteiger partial charge >= 0.3 is 6.18 Å². The largest absolute Gasteiger partial charge is 0.417 e. The number of nitrogens with two attached hydrogens (primary N) is 1. The number of aromatic nitrogens is 1. The van der Waals surface area contributed by atoms with Crippen LogP contribution in [0.25, 0.3) is 5.57 Å². The predicted octanol–water partition coefficient (Wildman–Crippen LogP) is 5.27. The number of allylic oxidation sites excluding steroid dienone is 1. The first-order chi connectivity index (χ1) is 13.3. The molecule has 1 heterocycles. The van der Waals surface area contributed by atoms with Crippen molar-refractivity contribution in [2.24, 2.45) is 5.73 Å². The van der Waals surface area contributed by atoms with Gasteiger partial charge in [0.15, 0.2) is 5.60 Å². The van der Waals surface area contributed by atoms with E-state index < -0.39 is 35.9 Å². The Balaban J connectivity index is 2.44. The summed E-state index contributed by atoms with van der Waals surface area (Å²) in [6.45, 7) is 6.41. The number of halogens is 4. The molecule has 0 saturated carbocycles. The summed E-state index contributed by atoms with van der Waals surface area (Å²) in [5, 5.41) is 10.7. The Bertz CT molecular complexity index is 891. The number of aliphatic hydroxyl groups is 1. The number of benzene rings is 1. The lowest BCUT2D eigenvalue weighted by Gasteiger charge is -2.39. The number of alkyl halides is 3. The lowest BCUT2D eigenvalue weighted by Crippen LogP contribution is -2.50. The second-order valence-corrected chi connectivity index (χ2v) is 8.11. The highest BCUT2D eigenvalue weighted by Gasteiger charge is 2.56. The van der Waals surface area contributed by atoms with Crippen LogP contribution in [0, 0.1) is 12.7 Å². The second kappa shape index (κ2) is 8.14. The summed E-state index contributed by atoms with van der Waals surface area (Å²) >= 11 is 0. The fourth-order valence-corrected chi connectivity index (χ4v) is 3.65. The quantitative estimate of drug-likeness (QED) is 0.638. The lowest BCUT2D eigenvalue weighted by molar-refractivity contribution is -0.266. The summed E-state index contributed by atoms with van der Waals surface area (Å²) in [7, 11) is 0. The standard InChI is InChI=1S/C22H26F4N2O/c1-14-5-6-17(23)11-18(14)20(3,4)13-21(29,22(24,25)26)12-19(27)15(2)16-7-9-28-10-8-16/h5-11,29H,12-13,27H2,1-4H3/b19-15-. The number of nitrogens with zero attached hydrogens (tertiary/aromatic N) is 1. The molecule has 0 amide bonds. The van der Waals surface area contributed by atoms with Crippen LogP contribution in [0.5, 0.6) is 0 Å². The first kappa shape index (κ1) is 22.9. The molecule has 7 heteroatoms. The number of hydrogen-bond acceptors (Lipinski definition) is 3. The zero-order valence-corrected chi connectivity index (χ0v) is 16.9. The van der Waals surface area contributed by atoms with Gasteiger partial charge in [-0.05, 0) is 72.2 Å². The molecular weight excluding hydrogens is 384 g/mol. The number of aryl methyl sites for hydroxylation is 1. The van der Waals surface area contributed by atoms with Crippen LogP contribution in [0.2, 0.25) is 0 Å². The van der Waals surface area contributed by atoms with Crippen molar-refractivity contribution in [3.63, 3.8) is 0 Å². The topological polar surface area (TPSA) is 59.1 Å². The maximum Gasteiger partial charge on any atom is 0.417 e. The zero-order chi connectivity index (χ0) is 22.0. The van der Waals surface area contributed by atoms with Crippen LogP contribution in [0.15, 0.2) is 48.4 Å². The summed E-state index contributed by atoms with van der Waals surface area (Å²) in [4.78, 5) is 3.87. The van der Waals surface area contributed by atoms with E-state index in [1.807, 2.05) is 0 Å². The molecule has 0 spiro atoms. The third-order valence-electron chi connectivity index (χ3n) is 5.27. The van der Waals surface area contributed by atoms with Gasteiger partial charge in [-0.1, -0.05) is 19.9 Å². The molecule has 3 N–H and O–H groups in total. The van der Waals surface area contributed by atoms with Gasteiger partial charge in [0, 0.05) is 24.5 Å². The first-order valence-corrected chi connectivity index (χ1v) is 9.18. The van der Waals surface area contributed by atoms with Crippen molar-refractivity contribution in [2.45, 2.75) is 57.7 Å². The van der Waals surface area contributed by atoms with E-state index in [0.29, 0.717) is 22.3 Å². The van der Waals surface area contributed by atoms with E-state index in [2.05, 4.69) is 4.98 Å². The van der Waals surface area contributed by atoms with Crippen molar-refractivity contribution in [3.05, 3.63) is 70.9 Å². The van der Waals surface area contributed by atoms with Gasteiger partial charge in [0.05, 0.1) is 0 Å². The van der Waals surface area contributed by atoms with E-state index in [1.165, 1.54) is 30.6 Å². The van der Waals surface area contributed by atoms with Gasteiger partial charge in [0.2, 0.25) is 0 Å². The molecule has 1 aromatic heterocycles. The van der Waals surface area contributed by atoms with Crippen molar-refractivity contribution in [2.75, 3.05) is 0 Å². The summed E-state index contributed by atoms with van der Waals surface area (Å²) < 4.78 is 55.6. The minimum absolute atomic E-state index is 0.0669. The molecule has 0 aliphatic carbocycles. The van der Waals surface area contributed by atoms with E-state index in [0.717, 1.165) is 0 Å². The number of rotatable bonds is 6. The molecule has 0 radical (unpaired) electrons. The van der Waals surface area contributed by atoms with E-state index in [4.69, 9.17) is 5.73 Å². The average molecular weight is 410 g/mol. The second-order valence-electron chi connectivity index (χ2n) is 8.11. The van der Waals surface area contributed by atoms with Crippen molar-refractivity contribution >= 4 is 5.57 Å². The third-order valence-corrected chi connectivity index (χ3v) is 5.27. The van der Waals surface area contributed by atoms with Crippen molar-refractivity contribution < 1.29 is 22.7 Å². The van der Waals surface area contributed by atoms with Gasteiger partial charge in [0.1, 0.15) is 5.82 Å². The van der Waals surface area contributed by atoms with Crippen LogP contribution in [0.1, 0.15) is 50.3 Å². The molecule has 1 aromatic carbocycles. The van der Waals surface area contributed by atoms with Crippen molar-refractivity contribution in [1.82, 2.24) is 4.98 Å². The molecule has 158 valence electrons. The van der Waals surface area contributed by atoms with Gasteiger partial charge < -0.3 is 10.8 Å². The predicted molar refractivity (Wildman–Crippen MR) is 105 cm³/mol. The summed E-state index contributed by atoms with van der Waals surface area (Å²) in [5.74, 6) is -0.540. The molecule has 2 aromatic rings. The SMILES string of the molecule is C/C(=C(/N)CC(O)(CC(C)(C)c1cc(F)ccc1C)C(F)(F)F)c1ccncc1. The van der Waals surface area contributed by atoms with E-state index in [-0.39, 0.29) is 5.70 Å². The van der Waals surface area contributed by atoms with Crippen LogP contribution in [0.3, 0.4) is 0 Å². The first-order valence-electron chi connectivity index (χ1n) is 9.18. The van der Waals surface area contributed by atoms with Crippen LogP contribution in [-0.2, 0) is 5.41 Å². The summed E-state index contributed by atoms with van der Waals surface area (Å²) in [5.41, 5.74) is 3.82. The lowest BCUT2D eigenvalue weighted by atomic mass is 9.72. The fraction of sp³-hybridized carbons (Fsp3) is 0.409. The molecule has 0 aliphatic heterocycles. The van der Waals surface area contributed by atoms with Crippen molar-refractivity contribution in [1.29, 1.82) is 0 Å². The molecule has 0 bridgehead atoms. The van der Waals surface area contributed by atoms with Crippen molar-refractivity contribution in [3.8, 4) is 0 Å². The van der Waals surface area contributed by atoms with E-state index in [1.54, 1.807) is 39.8 Å². The summed E-state index contributed by atoms with van der Waals surface area (Å²) in [6.07, 6.45) is -3.36. The minimum Gasteiger partial charge on any atom is -0.402 e. The van der Waals surface area contributed by atoms with Crippen LogP contribution >= 0.6 is 0 Å². The van der Waals surface area contributed by atoms with Crippen LogP contribution in [0.4, 0.5) is 17.6 Å². The van der Waals surface area contributed by atoms with Gasteiger partial charge in [0.25, 0.3) is 0 Å². The third kappa shape index (κ3) is 5.15. The molecule has 3 nitrogen and oxygen atoms in total. The maximum absolute atomic E-state index is 13.9. The van der Waals surface area contributed by atoms with Crippen LogP contribution in [-0.4, -0.2) is 21.9 Å². The Kier molecular flexibility index (Phi) is 6.42. The molecule has 0 aliphatic rings. The van der Waals surface area contributed by atoms with E-state index in [9.17, 15) is 22.7 Å². The van der Waals surface area contributed by atoms with Crippen LogP contribution < -0.4 is 5.73 Å². The minimum atomic E-state index is -4.92. The Morgan fingerprint density at radius 1 is 1.10 bits per heavy atom. The smallest absolute Gasteiger partial charge is 0.402 e. The Morgan fingerprint density at radius 3 is 2.24 bits per heavy atom. The fourth-order valence-electron chi connectivity index (χ4n) is 3.65. The number of pyridine rings is 1. The number of hydrogen-bond donors (Lipinski definition) is 2. The van der Waals surface area contributed by atoms with Gasteiger partial charge in [-0.15, -0.1) is 0 Å². The molecule has 1 unspecified atom stereocenters. The molecule has 1 atom stereocenters. The molecule has 0 saturated heterocycles. The molecular formula is C22H26F4N2O. The Hall–Kier alpha value is -2.41. The molecule has 2 rings (SSSR count). The Morgan fingerprint density at radius 2 is 1.69 bits per heavy atom. The molecule has 0 fully saturated rings.